The Kier molecular flexibility index (Phi) is 4.24. The predicted molar refractivity (Wildman–Crippen MR) is 116 cm³/mol. The van der Waals surface area contributed by atoms with E-state index < -0.39 is 0 Å². The van der Waals surface area contributed by atoms with Crippen molar-refractivity contribution < 1.29 is 28.4 Å². The fourth-order valence-electron chi connectivity index (χ4n) is 4.16. The molecule has 0 atom stereocenters. The van der Waals surface area contributed by atoms with Crippen molar-refractivity contribution in [2.45, 2.75) is 6.54 Å². The highest BCUT2D eigenvalue weighted by Gasteiger charge is 2.24. The maximum atomic E-state index is 5.68. The number of benzene rings is 3. The van der Waals surface area contributed by atoms with Gasteiger partial charge in [0.2, 0.25) is 13.6 Å². The van der Waals surface area contributed by atoms with Gasteiger partial charge in [-0.05, 0) is 24.3 Å². The third-order valence-electron chi connectivity index (χ3n) is 5.69. The highest BCUT2D eigenvalue weighted by atomic mass is 16.7. The van der Waals surface area contributed by atoms with Gasteiger partial charge < -0.3 is 33.0 Å². The molecule has 8 nitrogen and oxygen atoms in total. The second-order valence-electron chi connectivity index (χ2n) is 7.43. The highest BCUT2D eigenvalue weighted by molar-refractivity contribution is 5.83. The van der Waals surface area contributed by atoms with Crippen LogP contribution in [0.4, 0.5) is 0 Å². The summed E-state index contributed by atoms with van der Waals surface area (Å²) in [5, 5.41) is 0. The Labute approximate surface area is 183 Å². The van der Waals surface area contributed by atoms with Crippen LogP contribution >= 0.6 is 0 Å². The van der Waals surface area contributed by atoms with Crippen molar-refractivity contribution >= 4 is 11.0 Å². The molecule has 0 spiro atoms. The first-order chi connectivity index (χ1) is 15.7. The molecule has 0 amide bonds. The molecular weight excluding hydrogens is 412 g/mol. The molecule has 0 unspecified atom stereocenters. The molecule has 3 aromatic carbocycles. The van der Waals surface area contributed by atoms with Gasteiger partial charge in [0.15, 0.2) is 23.0 Å². The molecule has 0 N–H and O–H groups in total. The Hall–Kier alpha value is -4.07. The van der Waals surface area contributed by atoms with Gasteiger partial charge in [0.05, 0.1) is 37.4 Å². The number of rotatable bonds is 5. The number of nitrogens with zero attached hydrogens (tertiary/aromatic N) is 2. The Morgan fingerprint density at radius 1 is 0.812 bits per heavy atom. The second-order valence-corrected chi connectivity index (χ2v) is 7.43. The number of fused-ring (bicyclic) bond motifs is 3. The summed E-state index contributed by atoms with van der Waals surface area (Å²) in [6.45, 7) is 0.898. The van der Waals surface area contributed by atoms with Crippen molar-refractivity contribution in [1.82, 2.24) is 9.55 Å². The fraction of sp³-hybridized carbons (Fsp3) is 0.208. The van der Waals surface area contributed by atoms with E-state index in [1.54, 1.807) is 14.2 Å². The normalized spacial score (nSPS) is 13.6. The minimum Gasteiger partial charge on any atom is -0.496 e. The molecule has 2 aliphatic heterocycles. The SMILES string of the molecule is COc1cc2c(cc1Cn1c(-c3cc4c(cc3OC)OCO4)nc3ccccc31)OCO2. The van der Waals surface area contributed by atoms with Crippen LogP contribution in [0.2, 0.25) is 0 Å². The van der Waals surface area contributed by atoms with Gasteiger partial charge in [-0.15, -0.1) is 0 Å². The third kappa shape index (κ3) is 2.87. The number of methoxy groups -OCH3 is 2. The van der Waals surface area contributed by atoms with Crippen LogP contribution in [0.25, 0.3) is 22.4 Å². The molecule has 0 saturated heterocycles. The Bertz CT molecular complexity index is 1350. The maximum absolute atomic E-state index is 5.68. The molecule has 6 rings (SSSR count). The molecule has 0 bridgehead atoms. The van der Waals surface area contributed by atoms with E-state index in [1.165, 1.54) is 0 Å². The predicted octanol–water partition coefficient (Wildman–Crippen LogP) is 4.23. The minimum atomic E-state index is 0.187. The van der Waals surface area contributed by atoms with Gasteiger partial charge in [-0.25, -0.2) is 4.98 Å². The van der Waals surface area contributed by atoms with Gasteiger partial charge in [0.1, 0.15) is 17.3 Å². The zero-order valence-corrected chi connectivity index (χ0v) is 17.6. The van der Waals surface area contributed by atoms with Crippen LogP contribution in [0.3, 0.4) is 0 Å². The molecule has 1 aromatic heterocycles. The van der Waals surface area contributed by atoms with E-state index in [2.05, 4.69) is 4.57 Å². The van der Waals surface area contributed by atoms with Crippen LogP contribution in [0, 0.1) is 0 Å². The number of imidazole rings is 1. The molecular formula is C24H20N2O6. The smallest absolute Gasteiger partial charge is 0.231 e. The first-order valence-electron chi connectivity index (χ1n) is 10.1. The third-order valence-corrected chi connectivity index (χ3v) is 5.69. The lowest BCUT2D eigenvalue weighted by molar-refractivity contribution is 0.173. The number of ether oxygens (including phenoxy) is 6. The van der Waals surface area contributed by atoms with Gasteiger partial charge in [-0.1, -0.05) is 12.1 Å². The lowest BCUT2D eigenvalue weighted by Crippen LogP contribution is -2.05. The number of hydrogen-bond acceptors (Lipinski definition) is 7. The summed E-state index contributed by atoms with van der Waals surface area (Å²) in [6, 6.07) is 15.6. The summed E-state index contributed by atoms with van der Waals surface area (Å²) < 4.78 is 35.7. The van der Waals surface area contributed by atoms with Crippen molar-refractivity contribution in [3.8, 4) is 45.9 Å². The quantitative estimate of drug-likeness (QED) is 0.467. The van der Waals surface area contributed by atoms with Crippen LogP contribution < -0.4 is 28.4 Å². The average Bonchev–Trinajstić information content (AvgIpc) is 3.55. The molecule has 8 heteroatoms. The van der Waals surface area contributed by atoms with Crippen molar-refractivity contribution in [3.05, 3.63) is 54.1 Å². The molecule has 2 aliphatic rings. The fourth-order valence-corrected chi connectivity index (χ4v) is 4.16. The zero-order valence-electron chi connectivity index (χ0n) is 17.6. The van der Waals surface area contributed by atoms with Crippen molar-refractivity contribution in [2.75, 3.05) is 27.8 Å². The van der Waals surface area contributed by atoms with Gasteiger partial charge in [-0.2, -0.15) is 0 Å². The lowest BCUT2D eigenvalue weighted by Gasteiger charge is -2.15. The van der Waals surface area contributed by atoms with Gasteiger partial charge >= 0.3 is 0 Å². The van der Waals surface area contributed by atoms with E-state index in [0.717, 1.165) is 33.7 Å². The molecule has 0 saturated carbocycles. The van der Waals surface area contributed by atoms with E-state index in [4.69, 9.17) is 33.4 Å². The summed E-state index contributed by atoms with van der Waals surface area (Å²) in [5.74, 6) is 4.83. The maximum Gasteiger partial charge on any atom is 0.231 e. The Morgan fingerprint density at radius 2 is 1.44 bits per heavy atom. The molecule has 0 radical (unpaired) electrons. The van der Waals surface area contributed by atoms with E-state index in [1.807, 2.05) is 48.5 Å². The summed E-state index contributed by atoms with van der Waals surface area (Å²) in [6.07, 6.45) is 0. The van der Waals surface area contributed by atoms with Crippen LogP contribution in [0.15, 0.2) is 48.5 Å². The van der Waals surface area contributed by atoms with Crippen LogP contribution in [-0.4, -0.2) is 37.4 Å². The van der Waals surface area contributed by atoms with Crippen LogP contribution in [0.1, 0.15) is 5.56 Å². The van der Waals surface area contributed by atoms with Crippen molar-refractivity contribution in [3.63, 3.8) is 0 Å². The number of aromatic nitrogens is 2. The largest absolute Gasteiger partial charge is 0.496 e. The zero-order chi connectivity index (χ0) is 21.7. The standard InChI is InChI=1S/C24H20N2O6/c1-27-18-9-22-20(29-12-31-22)7-14(18)11-26-17-6-4-3-5-16(17)25-24(26)15-8-21-23(32-13-30-21)10-19(15)28-2/h3-10H,11-13H2,1-2H3. The Morgan fingerprint density at radius 3 is 2.16 bits per heavy atom. The first kappa shape index (κ1) is 18.7. The van der Waals surface area contributed by atoms with Gasteiger partial charge in [0, 0.05) is 17.7 Å². The van der Waals surface area contributed by atoms with E-state index in [0.29, 0.717) is 35.3 Å². The van der Waals surface area contributed by atoms with Crippen molar-refractivity contribution in [2.24, 2.45) is 0 Å². The molecule has 3 heterocycles. The van der Waals surface area contributed by atoms with Gasteiger partial charge in [0.25, 0.3) is 0 Å². The Balaban J connectivity index is 1.54. The van der Waals surface area contributed by atoms with E-state index in [-0.39, 0.29) is 13.6 Å². The monoisotopic (exact) mass is 432 g/mol. The summed E-state index contributed by atoms with van der Waals surface area (Å²) in [7, 11) is 3.28. The molecule has 4 aromatic rings. The first-order valence-corrected chi connectivity index (χ1v) is 10.1. The van der Waals surface area contributed by atoms with Crippen molar-refractivity contribution in [1.29, 1.82) is 0 Å². The average molecular weight is 432 g/mol. The summed E-state index contributed by atoms with van der Waals surface area (Å²) in [5.41, 5.74) is 3.62. The topological polar surface area (TPSA) is 73.2 Å². The lowest BCUT2D eigenvalue weighted by atomic mass is 10.1. The van der Waals surface area contributed by atoms with Gasteiger partial charge in [-0.3, -0.25) is 0 Å². The number of hydrogen-bond donors (Lipinski definition) is 0. The minimum absolute atomic E-state index is 0.187. The molecule has 162 valence electrons. The van der Waals surface area contributed by atoms with E-state index >= 15 is 0 Å². The second kappa shape index (κ2) is 7.26. The van der Waals surface area contributed by atoms with Crippen LogP contribution in [0.5, 0.6) is 34.5 Å². The highest BCUT2D eigenvalue weighted by Crippen LogP contribution is 2.44. The number of para-hydroxylation sites is 2. The van der Waals surface area contributed by atoms with Crippen LogP contribution in [-0.2, 0) is 6.54 Å². The summed E-state index contributed by atoms with van der Waals surface area (Å²) >= 11 is 0. The summed E-state index contributed by atoms with van der Waals surface area (Å²) in [4.78, 5) is 4.93. The molecule has 0 fully saturated rings. The molecule has 0 aliphatic carbocycles. The van der Waals surface area contributed by atoms with E-state index in [9.17, 15) is 0 Å². The molecule has 32 heavy (non-hydrogen) atoms.